The average Bonchev–Trinajstić information content (AvgIpc) is 2.39. The second kappa shape index (κ2) is 6.62. The van der Waals surface area contributed by atoms with Gasteiger partial charge in [-0.1, -0.05) is 46.9 Å². The summed E-state index contributed by atoms with van der Waals surface area (Å²) in [7, 11) is 0. The van der Waals surface area contributed by atoms with Crippen LogP contribution in [0.1, 0.15) is 17.0 Å². The Kier molecular flexibility index (Phi) is 5.12. The largest absolute Gasteiger partial charge is 0.330 e. The molecule has 2 N–H and O–H groups in total. The lowest BCUT2D eigenvalue weighted by Gasteiger charge is -2.16. The molecule has 0 aliphatic carbocycles. The van der Waals surface area contributed by atoms with Crippen molar-refractivity contribution in [2.75, 3.05) is 6.54 Å². The zero-order chi connectivity index (χ0) is 13.8. The highest BCUT2D eigenvalue weighted by molar-refractivity contribution is 6.33. The van der Waals surface area contributed by atoms with Crippen LogP contribution in [0.25, 0.3) is 0 Å². The molecular weight excluding hydrogens is 301 g/mol. The number of halogens is 3. The molecule has 0 amide bonds. The molecule has 1 nitrogen and oxygen atoms in total. The van der Waals surface area contributed by atoms with E-state index < -0.39 is 0 Å². The molecule has 0 aliphatic rings. The zero-order valence-corrected chi connectivity index (χ0v) is 12.5. The molecule has 1 unspecified atom stereocenters. The molecule has 0 fully saturated rings. The van der Waals surface area contributed by atoms with Crippen LogP contribution in [0.4, 0.5) is 0 Å². The van der Waals surface area contributed by atoms with Crippen molar-refractivity contribution in [1.82, 2.24) is 0 Å². The van der Waals surface area contributed by atoms with Gasteiger partial charge in [-0.3, -0.25) is 0 Å². The Hall–Kier alpha value is -0.730. The first kappa shape index (κ1) is 14.7. The molecule has 0 saturated heterocycles. The highest BCUT2D eigenvalue weighted by Gasteiger charge is 2.13. The SMILES string of the molecule is NCC(Cc1cc(Cl)ccc1Cl)c1cccc(Cl)c1. The van der Waals surface area contributed by atoms with E-state index in [-0.39, 0.29) is 5.92 Å². The Morgan fingerprint density at radius 1 is 0.947 bits per heavy atom. The molecule has 1 atom stereocenters. The third kappa shape index (κ3) is 3.87. The quantitative estimate of drug-likeness (QED) is 0.850. The van der Waals surface area contributed by atoms with Crippen LogP contribution in [0.15, 0.2) is 42.5 Å². The first-order valence-electron chi connectivity index (χ1n) is 5.99. The molecule has 100 valence electrons. The van der Waals surface area contributed by atoms with Crippen LogP contribution < -0.4 is 5.73 Å². The molecule has 0 aromatic heterocycles. The van der Waals surface area contributed by atoms with E-state index in [4.69, 9.17) is 40.5 Å². The maximum atomic E-state index is 6.19. The monoisotopic (exact) mass is 313 g/mol. The van der Waals surface area contributed by atoms with Crippen LogP contribution >= 0.6 is 34.8 Å². The van der Waals surface area contributed by atoms with Crippen molar-refractivity contribution in [3.63, 3.8) is 0 Å². The lowest BCUT2D eigenvalue weighted by molar-refractivity contribution is 0.694. The summed E-state index contributed by atoms with van der Waals surface area (Å²) in [5.41, 5.74) is 7.99. The first-order valence-corrected chi connectivity index (χ1v) is 7.13. The van der Waals surface area contributed by atoms with Gasteiger partial charge in [0.2, 0.25) is 0 Å². The van der Waals surface area contributed by atoms with E-state index in [2.05, 4.69) is 0 Å². The molecule has 2 aromatic rings. The average molecular weight is 315 g/mol. The molecule has 0 saturated carbocycles. The summed E-state index contributed by atoms with van der Waals surface area (Å²) in [5.74, 6) is 0.176. The number of nitrogens with two attached hydrogens (primary N) is 1. The molecule has 0 heterocycles. The molecule has 0 bridgehead atoms. The van der Waals surface area contributed by atoms with Gasteiger partial charge in [0, 0.05) is 21.0 Å². The van der Waals surface area contributed by atoms with Gasteiger partial charge in [0.25, 0.3) is 0 Å². The van der Waals surface area contributed by atoms with Gasteiger partial charge in [-0.15, -0.1) is 0 Å². The predicted octanol–water partition coefficient (Wildman–Crippen LogP) is 4.93. The second-order valence-corrected chi connectivity index (χ2v) is 5.71. The smallest absolute Gasteiger partial charge is 0.0439 e. The van der Waals surface area contributed by atoms with Gasteiger partial charge in [-0.05, 0) is 54.4 Å². The highest BCUT2D eigenvalue weighted by Crippen LogP contribution is 2.28. The van der Waals surface area contributed by atoms with Gasteiger partial charge in [0.1, 0.15) is 0 Å². The molecule has 0 spiro atoms. The van der Waals surface area contributed by atoms with E-state index in [0.29, 0.717) is 21.6 Å². The van der Waals surface area contributed by atoms with Crippen LogP contribution in [0.2, 0.25) is 15.1 Å². The Morgan fingerprint density at radius 3 is 2.37 bits per heavy atom. The fourth-order valence-corrected chi connectivity index (χ4v) is 2.65. The van der Waals surface area contributed by atoms with Crippen LogP contribution in [-0.2, 0) is 6.42 Å². The standard InChI is InChI=1S/C15H14Cl3N/c16-13-3-1-2-10(7-13)12(9-19)6-11-8-14(17)4-5-15(11)18/h1-5,7-8,12H,6,9,19H2. The minimum absolute atomic E-state index is 0.176. The molecule has 0 aliphatic heterocycles. The zero-order valence-electron chi connectivity index (χ0n) is 10.2. The first-order chi connectivity index (χ1) is 9.10. The maximum absolute atomic E-state index is 6.19. The van der Waals surface area contributed by atoms with Gasteiger partial charge in [0.05, 0.1) is 0 Å². The number of hydrogen-bond donors (Lipinski definition) is 1. The second-order valence-electron chi connectivity index (χ2n) is 4.43. The summed E-state index contributed by atoms with van der Waals surface area (Å²) in [4.78, 5) is 0. The molecule has 0 radical (unpaired) electrons. The summed E-state index contributed by atoms with van der Waals surface area (Å²) >= 11 is 18.2. The minimum atomic E-state index is 0.176. The van der Waals surface area contributed by atoms with E-state index in [1.54, 1.807) is 6.07 Å². The van der Waals surface area contributed by atoms with Gasteiger partial charge in [-0.2, -0.15) is 0 Å². The third-order valence-electron chi connectivity index (χ3n) is 3.08. The van der Waals surface area contributed by atoms with Crippen LogP contribution in [0.5, 0.6) is 0 Å². The van der Waals surface area contributed by atoms with Crippen LogP contribution in [0, 0.1) is 0 Å². The summed E-state index contributed by atoms with van der Waals surface area (Å²) in [6, 6.07) is 13.2. The fraction of sp³-hybridized carbons (Fsp3) is 0.200. The highest BCUT2D eigenvalue weighted by atomic mass is 35.5. The third-order valence-corrected chi connectivity index (χ3v) is 3.92. The molecule has 2 aromatic carbocycles. The molecule has 2 rings (SSSR count). The van der Waals surface area contributed by atoms with E-state index in [0.717, 1.165) is 17.5 Å². The van der Waals surface area contributed by atoms with Gasteiger partial charge in [0.15, 0.2) is 0 Å². The Morgan fingerprint density at radius 2 is 1.68 bits per heavy atom. The normalized spacial score (nSPS) is 12.4. The topological polar surface area (TPSA) is 26.0 Å². The van der Waals surface area contributed by atoms with Crippen LogP contribution in [-0.4, -0.2) is 6.54 Å². The Bertz CT molecular complexity index is 569. The number of benzene rings is 2. The van der Waals surface area contributed by atoms with Gasteiger partial charge in [-0.25, -0.2) is 0 Å². The minimum Gasteiger partial charge on any atom is -0.330 e. The summed E-state index contributed by atoms with van der Waals surface area (Å²) < 4.78 is 0. The van der Waals surface area contributed by atoms with Crippen molar-refractivity contribution in [2.45, 2.75) is 12.3 Å². The van der Waals surface area contributed by atoms with Crippen molar-refractivity contribution >= 4 is 34.8 Å². The molecule has 19 heavy (non-hydrogen) atoms. The van der Waals surface area contributed by atoms with Gasteiger partial charge < -0.3 is 5.73 Å². The van der Waals surface area contributed by atoms with Crippen molar-refractivity contribution < 1.29 is 0 Å². The van der Waals surface area contributed by atoms with E-state index >= 15 is 0 Å². The van der Waals surface area contributed by atoms with Crippen molar-refractivity contribution in [1.29, 1.82) is 0 Å². The maximum Gasteiger partial charge on any atom is 0.0439 e. The number of rotatable bonds is 4. The number of hydrogen-bond acceptors (Lipinski definition) is 1. The summed E-state index contributed by atoms with van der Waals surface area (Å²) in [6.45, 7) is 0.531. The summed E-state index contributed by atoms with van der Waals surface area (Å²) in [6.07, 6.45) is 0.746. The molecular formula is C15H14Cl3N. The van der Waals surface area contributed by atoms with Crippen molar-refractivity contribution in [2.24, 2.45) is 5.73 Å². The Balaban J connectivity index is 2.26. The van der Waals surface area contributed by atoms with E-state index in [1.807, 2.05) is 36.4 Å². The van der Waals surface area contributed by atoms with Crippen LogP contribution in [0.3, 0.4) is 0 Å². The lowest BCUT2D eigenvalue weighted by atomic mass is 9.92. The van der Waals surface area contributed by atoms with E-state index in [9.17, 15) is 0 Å². The predicted molar refractivity (Wildman–Crippen MR) is 83.4 cm³/mol. The molecule has 4 heteroatoms. The van der Waals surface area contributed by atoms with E-state index in [1.165, 1.54) is 0 Å². The fourth-order valence-electron chi connectivity index (χ4n) is 2.06. The van der Waals surface area contributed by atoms with Gasteiger partial charge >= 0.3 is 0 Å². The lowest BCUT2D eigenvalue weighted by Crippen LogP contribution is -2.15. The van der Waals surface area contributed by atoms with Crippen molar-refractivity contribution in [3.05, 3.63) is 68.7 Å². The van der Waals surface area contributed by atoms with Crippen molar-refractivity contribution in [3.8, 4) is 0 Å². The Labute approximate surface area is 128 Å². The summed E-state index contributed by atoms with van der Waals surface area (Å²) in [5, 5.41) is 2.11.